The maximum Gasteiger partial charge on any atom is 0.239 e. The van der Waals surface area contributed by atoms with E-state index in [0.717, 1.165) is 0 Å². The van der Waals surface area contributed by atoms with Crippen LogP contribution in [0.3, 0.4) is 0 Å². The van der Waals surface area contributed by atoms with Crippen LogP contribution < -0.4 is 9.44 Å². The summed E-state index contributed by atoms with van der Waals surface area (Å²) >= 11 is 0. The predicted molar refractivity (Wildman–Crippen MR) is 93.4 cm³/mol. The molecule has 0 aromatic heterocycles. The van der Waals surface area contributed by atoms with E-state index in [2.05, 4.69) is 9.44 Å². The predicted octanol–water partition coefficient (Wildman–Crippen LogP) is 1.17. The minimum Gasteiger partial charge on any atom is -0.359 e. The van der Waals surface area contributed by atoms with Gasteiger partial charge < -0.3 is 4.74 Å². The van der Waals surface area contributed by atoms with Crippen LogP contribution in [0.2, 0.25) is 0 Å². The number of hydrogen-bond donors (Lipinski definition) is 2. The zero-order valence-electron chi connectivity index (χ0n) is 15.1. The van der Waals surface area contributed by atoms with Gasteiger partial charge in [0.2, 0.25) is 20.0 Å². The lowest BCUT2D eigenvalue weighted by molar-refractivity contribution is 0.0128. The highest BCUT2D eigenvalue weighted by Crippen LogP contribution is 2.38. The van der Waals surface area contributed by atoms with E-state index in [9.17, 15) is 16.8 Å². The van der Waals surface area contributed by atoms with Crippen LogP contribution in [0, 0.1) is 10.8 Å². The normalized spacial score (nSPS) is 34.0. The van der Waals surface area contributed by atoms with Crippen LogP contribution in [0.5, 0.6) is 0 Å². The van der Waals surface area contributed by atoms with E-state index < -0.39 is 36.1 Å². The van der Waals surface area contributed by atoms with Gasteiger partial charge in [0.15, 0.2) is 5.44 Å². The summed E-state index contributed by atoms with van der Waals surface area (Å²) in [6.45, 7) is 10.0. The summed E-state index contributed by atoms with van der Waals surface area (Å²) in [4.78, 5) is 0. The molecule has 2 aliphatic rings. The Kier molecular flexibility index (Phi) is 5.44. The summed E-state index contributed by atoms with van der Waals surface area (Å²) in [6, 6.07) is -0.274. The van der Waals surface area contributed by atoms with Crippen LogP contribution in [0.15, 0.2) is 0 Å². The maximum atomic E-state index is 12.6. The number of hydrogen-bond acceptors (Lipinski definition) is 5. The van der Waals surface area contributed by atoms with Crippen LogP contribution in [0.25, 0.3) is 0 Å². The molecule has 7 nitrogen and oxygen atoms in total. The topological polar surface area (TPSA) is 102 Å². The van der Waals surface area contributed by atoms with Crippen molar-refractivity contribution in [3.8, 4) is 0 Å². The van der Waals surface area contributed by atoms with Gasteiger partial charge in [-0.15, -0.1) is 0 Å². The molecule has 2 aliphatic heterocycles. The molecule has 2 saturated heterocycles. The zero-order valence-corrected chi connectivity index (χ0v) is 16.8. The van der Waals surface area contributed by atoms with Gasteiger partial charge in [-0.1, -0.05) is 34.6 Å². The van der Waals surface area contributed by atoms with E-state index in [0.29, 0.717) is 25.9 Å². The van der Waals surface area contributed by atoms with E-state index in [-0.39, 0.29) is 18.0 Å². The van der Waals surface area contributed by atoms with Crippen molar-refractivity contribution in [2.75, 3.05) is 13.2 Å². The summed E-state index contributed by atoms with van der Waals surface area (Å²) in [5.41, 5.74) is -2.00. The molecule has 24 heavy (non-hydrogen) atoms. The largest absolute Gasteiger partial charge is 0.359 e. The Labute approximate surface area is 146 Å². The Bertz CT molecular complexity index is 664. The molecule has 0 aliphatic carbocycles. The van der Waals surface area contributed by atoms with Gasteiger partial charge in [-0.3, -0.25) is 0 Å². The minimum absolute atomic E-state index is 0.274. The van der Waals surface area contributed by atoms with Crippen molar-refractivity contribution in [1.29, 1.82) is 0 Å². The van der Waals surface area contributed by atoms with Gasteiger partial charge in [0, 0.05) is 18.0 Å². The Morgan fingerprint density at radius 1 is 1.00 bits per heavy atom. The van der Waals surface area contributed by atoms with Gasteiger partial charge in [0.25, 0.3) is 0 Å². The molecule has 3 atom stereocenters. The van der Waals surface area contributed by atoms with Gasteiger partial charge in [0.1, 0.15) is 0 Å². The second kappa shape index (κ2) is 6.50. The number of ether oxygens (including phenoxy) is 1. The first-order valence-electron chi connectivity index (χ1n) is 8.37. The van der Waals surface area contributed by atoms with Crippen molar-refractivity contribution in [2.24, 2.45) is 10.8 Å². The van der Waals surface area contributed by atoms with Crippen LogP contribution >= 0.6 is 0 Å². The average Bonchev–Trinajstić information content (AvgIpc) is 2.34. The summed E-state index contributed by atoms with van der Waals surface area (Å²) in [5.74, 6) is 0. The Morgan fingerprint density at radius 2 is 1.62 bits per heavy atom. The fraction of sp³-hybridized carbons (Fsp3) is 1.00. The van der Waals surface area contributed by atoms with Crippen molar-refractivity contribution in [3.05, 3.63) is 0 Å². The lowest BCUT2D eigenvalue weighted by Gasteiger charge is -2.42. The summed E-state index contributed by atoms with van der Waals surface area (Å²) in [7, 11) is -6.96. The molecule has 9 heteroatoms. The van der Waals surface area contributed by atoms with Gasteiger partial charge >= 0.3 is 0 Å². The molecule has 2 fully saturated rings. The van der Waals surface area contributed by atoms with Crippen molar-refractivity contribution in [1.82, 2.24) is 9.44 Å². The van der Waals surface area contributed by atoms with E-state index in [1.54, 1.807) is 0 Å². The highest BCUT2D eigenvalue weighted by atomic mass is 32.2. The summed E-state index contributed by atoms with van der Waals surface area (Å²) < 4.78 is 60.3. The Balaban J connectivity index is 2.12. The van der Waals surface area contributed by atoms with Crippen molar-refractivity contribution in [2.45, 2.75) is 70.6 Å². The Morgan fingerprint density at radius 3 is 2.12 bits per heavy atom. The van der Waals surface area contributed by atoms with Gasteiger partial charge in [-0.05, 0) is 24.7 Å². The maximum absolute atomic E-state index is 12.6. The number of nitrogens with one attached hydrogen (secondary N) is 2. The third-order valence-electron chi connectivity index (χ3n) is 4.82. The van der Waals surface area contributed by atoms with E-state index >= 15 is 0 Å². The molecular formula is C15H30N2O5S2. The first kappa shape index (κ1) is 20.1. The first-order valence-corrected chi connectivity index (χ1v) is 11.5. The van der Waals surface area contributed by atoms with E-state index in [1.807, 2.05) is 34.6 Å². The quantitative estimate of drug-likeness (QED) is 0.763. The molecular weight excluding hydrogens is 352 g/mol. The SMILES string of the molecule is CC(C)(C)C1CCC(CC(C)(C)C2OCCNS2(=O)=O)NS1(=O)=O. The van der Waals surface area contributed by atoms with Crippen LogP contribution in [-0.4, -0.2) is 46.7 Å². The standard InChI is InChI=1S/C15H30N2O5S2/c1-14(2,3)12-7-6-11(17-23(12,18)19)10-15(4,5)13-22-9-8-16-24(13,20)21/h11-13,16-17H,6-10H2,1-5H3. The Hall–Kier alpha value is -0.220. The van der Waals surface area contributed by atoms with Crippen molar-refractivity contribution < 1.29 is 21.6 Å². The molecule has 0 aromatic carbocycles. The second-order valence-corrected chi connectivity index (χ2v) is 12.3. The highest BCUT2D eigenvalue weighted by molar-refractivity contribution is 7.90. The first-order chi connectivity index (χ1) is 10.8. The lowest BCUT2D eigenvalue weighted by atomic mass is 9.83. The molecule has 142 valence electrons. The van der Waals surface area contributed by atoms with Gasteiger partial charge in [-0.2, -0.15) is 0 Å². The van der Waals surface area contributed by atoms with Gasteiger partial charge in [-0.25, -0.2) is 26.3 Å². The van der Waals surface area contributed by atoms with E-state index in [4.69, 9.17) is 4.74 Å². The second-order valence-electron chi connectivity index (χ2n) is 8.63. The zero-order chi connectivity index (χ0) is 18.4. The third kappa shape index (κ3) is 4.30. The monoisotopic (exact) mass is 382 g/mol. The van der Waals surface area contributed by atoms with Crippen molar-refractivity contribution in [3.63, 3.8) is 0 Å². The van der Waals surface area contributed by atoms with Crippen molar-refractivity contribution >= 4 is 20.0 Å². The average molecular weight is 383 g/mol. The number of sulfonamides is 2. The third-order valence-corrected chi connectivity index (χ3v) is 9.11. The fourth-order valence-corrected chi connectivity index (χ4v) is 7.75. The molecule has 2 heterocycles. The molecule has 0 radical (unpaired) electrons. The molecule has 0 aromatic rings. The molecule has 0 spiro atoms. The smallest absolute Gasteiger partial charge is 0.239 e. The number of rotatable bonds is 3. The molecule has 0 bridgehead atoms. The molecule has 2 N–H and O–H groups in total. The van der Waals surface area contributed by atoms with E-state index in [1.165, 1.54) is 0 Å². The molecule has 0 saturated carbocycles. The lowest BCUT2D eigenvalue weighted by Crippen LogP contribution is -2.55. The highest BCUT2D eigenvalue weighted by Gasteiger charge is 2.46. The summed E-state index contributed by atoms with van der Waals surface area (Å²) in [5, 5.41) is -0.430. The van der Waals surface area contributed by atoms with Crippen LogP contribution in [-0.2, 0) is 24.8 Å². The van der Waals surface area contributed by atoms with Crippen LogP contribution in [0.4, 0.5) is 0 Å². The van der Waals surface area contributed by atoms with Gasteiger partial charge in [0.05, 0.1) is 11.9 Å². The molecule has 0 amide bonds. The fourth-order valence-electron chi connectivity index (χ4n) is 3.82. The molecule has 3 unspecified atom stereocenters. The minimum atomic E-state index is -3.54. The van der Waals surface area contributed by atoms with Crippen LogP contribution in [0.1, 0.15) is 53.9 Å². The molecule has 2 rings (SSSR count). The summed E-state index contributed by atoms with van der Waals surface area (Å²) in [6.07, 6.45) is 1.69.